The van der Waals surface area contributed by atoms with Gasteiger partial charge in [0.05, 0.1) is 12.1 Å². The maximum Gasteiger partial charge on any atom is 0.404 e. The van der Waals surface area contributed by atoms with E-state index in [1.165, 1.54) is 17.0 Å². The molecule has 2 aliphatic heterocycles. The molecule has 26 heavy (non-hydrogen) atoms. The molecule has 4 rings (SSSR count). The van der Waals surface area contributed by atoms with Crippen LogP contribution in [0.5, 0.6) is 11.5 Å². The number of carbonyl (C=O) groups is 2. The van der Waals surface area contributed by atoms with Gasteiger partial charge in [0.15, 0.2) is 5.75 Å². The minimum Gasteiger partial charge on any atom is -0.465 e. The van der Waals surface area contributed by atoms with Crippen LogP contribution in [-0.2, 0) is 4.79 Å². The molecule has 0 radical (unpaired) electrons. The molecule has 0 saturated carbocycles. The lowest BCUT2D eigenvalue weighted by Crippen LogP contribution is -2.52. The van der Waals surface area contributed by atoms with E-state index in [1.807, 2.05) is 0 Å². The van der Waals surface area contributed by atoms with Gasteiger partial charge in [0.1, 0.15) is 17.3 Å². The molecule has 6 nitrogen and oxygen atoms in total. The van der Waals surface area contributed by atoms with E-state index in [4.69, 9.17) is 4.74 Å². The fourth-order valence-corrected chi connectivity index (χ4v) is 4.22. The molecule has 0 spiro atoms. The lowest BCUT2D eigenvalue weighted by molar-refractivity contribution is -0.120. The molecule has 2 aromatic carbocycles. The van der Waals surface area contributed by atoms with Gasteiger partial charge in [0.2, 0.25) is 5.91 Å². The highest BCUT2D eigenvalue weighted by Crippen LogP contribution is 2.50. The first-order valence-electron chi connectivity index (χ1n) is 8.03. The van der Waals surface area contributed by atoms with Gasteiger partial charge in [-0.25, -0.2) is 9.18 Å². The van der Waals surface area contributed by atoms with E-state index in [0.29, 0.717) is 27.9 Å². The van der Waals surface area contributed by atoms with Crippen LogP contribution >= 0.6 is 15.9 Å². The van der Waals surface area contributed by atoms with Crippen molar-refractivity contribution in [3.8, 4) is 11.5 Å². The molecule has 0 aromatic heterocycles. The van der Waals surface area contributed by atoms with Crippen LogP contribution in [0.1, 0.15) is 24.4 Å². The fourth-order valence-electron chi connectivity index (χ4n) is 3.61. The number of hydrogen-bond acceptors (Lipinski definition) is 3. The molecule has 1 saturated heterocycles. The predicted molar refractivity (Wildman–Crippen MR) is 95.0 cm³/mol. The number of halogens is 2. The predicted octanol–water partition coefficient (Wildman–Crippen LogP) is 4.20. The number of carbonyl (C=O) groups excluding carboxylic acids is 1. The van der Waals surface area contributed by atoms with Crippen LogP contribution in [0.3, 0.4) is 0 Å². The number of rotatable bonds is 1. The van der Waals surface area contributed by atoms with Crippen LogP contribution in [0.15, 0.2) is 40.9 Å². The summed E-state index contributed by atoms with van der Waals surface area (Å²) < 4.78 is 20.2. The van der Waals surface area contributed by atoms with Gasteiger partial charge >= 0.3 is 6.09 Å². The van der Waals surface area contributed by atoms with E-state index >= 15 is 0 Å². The van der Waals surface area contributed by atoms with E-state index in [-0.39, 0.29) is 18.1 Å². The molecular formula is C18H14BrFN2O4. The minimum absolute atomic E-state index is 0.173. The number of amides is 2. The molecule has 2 aliphatic rings. The van der Waals surface area contributed by atoms with Crippen LogP contribution < -0.4 is 15.0 Å². The molecule has 0 bridgehead atoms. The lowest BCUT2D eigenvalue weighted by atomic mass is 9.89. The third-order valence-corrected chi connectivity index (χ3v) is 5.20. The van der Waals surface area contributed by atoms with Crippen molar-refractivity contribution < 1.29 is 23.8 Å². The fraction of sp³-hybridized carbons (Fsp3) is 0.222. The second kappa shape index (κ2) is 6.28. The van der Waals surface area contributed by atoms with E-state index in [2.05, 4.69) is 21.2 Å². The quantitative estimate of drug-likeness (QED) is 0.724. The number of carboxylic acid groups (broad SMARTS) is 1. The average molecular weight is 421 g/mol. The van der Waals surface area contributed by atoms with Crippen molar-refractivity contribution >= 4 is 33.6 Å². The van der Waals surface area contributed by atoms with E-state index in [9.17, 15) is 19.1 Å². The monoisotopic (exact) mass is 420 g/mol. The van der Waals surface area contributed by atoms with Crippen molar-refractivity contribution in [3.63, 3.8) is 0 Å². The Bertz CT molecular complexity index is 920. The minimum atomic E-state index is -1.16. The summed E-state index contributed by atoms with van der Waals surface area (Å²) in [6.45, 7) is 0. The molecule has 1 fully saturated rings. The first kappa shape index (κ1) is 16.8. The Hall–Kier alpha value is -2.61. The van der Waals surface area contributed by atoms with Gasteiger partial charge in [-0.15, -0.1) is 0 Å². The SMILES string of the molecule is O=C(O)N[C@H]1CCC(=O)N2c3c(Br)cc(F)cc3Oc3ccccc3[C@@H]12. The topological polar surface area (TPSA) is 78.9 Å². The number of hydrogen-bond donors (Lipinski definition) is 2. The molecule has 0 aliphatic carbocycles. The number of para-hydroxylation sites is 1. The summed E-state index contributed by atoms with van der Waals surface area (Å²) in [5.41, 5.74) is 1.07. The second-order valence-corrected chi connectivity index (χ2v) is 7.03. The number of anilines is 1. The highest BCUT2D eigenvalue weighted by molar-refractivity contribution is 9.10. The highest BCUT2D eigenvalue weighted by Gasteiger charge is 2.43. The third kappa shape index (κ3) is 2.70. The molecule has 2 heterocycles. The van der Waals surface area contributed by atoms with Crippen molar-refractivity contribution in [2.24, 2.45) is 0 Å². The van der Waals surface area contributed by atoms with Crippen LogP contribution in [0.25, 0.3) is 0 Å². The zero-order valence-corrected chi connectivity index (χ0v) is 15.0. The Morgan fingerprint density at radius 2 is 2.08 bits per heavy atom. The standard InChI is InChI=1S/C18H14BrFN2O4/c19-11-7-9(20)8-14-17(11)22-15(23)6-5-12(21-18(24)25)16(22)10-3-1-2-4-13(10)26-14/h1-4,7-8,12,16,21H,5-6H2,(H,24,25)/t12-,16-/m0/s1. The molecule has 134 valence electrons. The van der Waals surface area contributed by atoms with Gasteiger partial charge in [-0.05, 0) is 34.5 Å². The number of benzene rings is 2. The average Bonchev–Trinajstić information content (AvgIpc) is 2.72. The smallest absolute Gasteiger partial charge is 0.404 e. The number of piperidine rings is 1. The molecular weight excluding hydrogens is 407 g/mol. The Morgan fingerprint density at radius 1 is 1.31 bits per heavy atom. The molecule has 8 heteroatoms. The van der Waals surface area contributed by atoms with Gasteiger partial charge in [-0.2, -0.15) is 0 Å². The third-order valence-electron chi connectivity index (χ3n) is 4.60. The van der Waals surface area contributed by atoms with Crippen LogP contribution in [0.4, 0.5) is 14.9 Å². The van der Waals surface area contributed by atoms with E-state index in [0.717, 1.165) is 0 Å². The summed E-state index contributed by atoms with van der Waals surface area (Å²) >= 11 is 3.32. The number of ether oxygens (including phenoxy) is 1. The normalized spacial score (nSPS) is 21.0. The van der Waals surface area contributed by atoms with Crippen molar-refractivity contribution in [1.29, 1.82) is 0 Å². The van der Waals surface area contributed by atoms with Crippen LogP contribution in [-0.4, -0.2) is 23.1 Å². The maximum absolute atomic E-state index is 13.9. The number of nitrogens with zero attached hydrogens (tertiary/aromatic N) is 1. The van der Waals surface area contributed by atoms with Crippen molar-refractivity contribution in [3.05, 3.63) is 52.3 Å². The summed E-state index contributed by atoms with van der Waals surface area (Å²) in [6, 6.07) is 8.45. The summed E-state index contributed by atoms with van der Waals surface area (Å²) in [5, 5.41) is 11.7. The first-order chi connectivity index (χ1) is 12.5. The molecule has 0 unspecified atom stereocenters. The van der Waals surface area contributed by atoms with Gasteiger partial charge < -0.3 is 15.2 Å². The summed E-state index contributed by atoms with van der Waals surface area (Å²) in [6.07, 6.45) is -0.618. The van der Waals surface area contributed by atoms with Gasteiger partial charge in [-0.3, -0.25) is 9.69 Å². The lowest BCUT2D eigenvalue weighted by Gasteiger charge is -2.40. The Balaban J connectivity index is 1.97. The molecule has 2 atom stereocenters. The van der Waals surface area contributed by atoms with Gasteiger partial charge in [0.25, 0.3) is 0 Å². The Labute approximate surface area is 156 Å². The van der Waals surface area contributed by atoms with Crippen LogP contribution in [0, 0.1) is 5.82 Å². The Kier molecular flexibility index (Phi) is 4.07. The second-order valence-electron chi connectivity index (χ2n) is 6.18. The maximum atomic E-state index is 13.9. The highest BCUT2D eigenvalue weighted by atomic mass is 79.9. The number of fused-ring (bicyclic) bond motifs is 5. The van der Waals surface area contributed by atoms with E-state index in [1.54, 1.807) is 24.3 Å². The molecule has 2 N–H and O–H groups in total. The van der Waals surface area contributed by atoms with Gasteiger partial charge in [-0.1, -0.05) is 18.2 Å². The summed E-state index contributed by atoms with van der Waals surface area (Å²) in [5.74, 6) is -0.00897. The summed E-state index contributed by atoms with van der Waals surface area (Å²) in [4.78, 5) is 25.6. The summed E-state index contributed by atoms with van der Waals surface area (Å²) in [7, 11) is 0. The van der Waals surface area contributed by atoms with Crippen molar-refractivity contribution in [1.82, 2.24) is 5.32 Å². The first-order valence-corrected chi connectivity index (χ1v) is 8.82. The molecule has 2 aromatic rings. The van der Waals surface area contributed by atoms with E-state index < -0.39 is 24.0 Å². The molecule has 2 amide bonds. The number of nitrogens with one attached hydrogen (secondary N) is 1. The zero-order valence-electron chi connectivity index (χ0n) is 13.4. The van der Waals surface area contributed by atoms with Crippen molar-refractivity contribution in [2.45, 2.75) is 24.9 Å². The van der Waals surface area contributed by atoms with Crippen LogP contribution in [0.2, 0.25) is 0 Å². The zero-order chi connectivity index (χ0) is 18.4. The van der Waals surface area contributed by atoms with Crippen molar-refractivity contribution in [2.75, 3.05) is 4.90 Å². The largest absolute Gasteiger partial charge is 0.465 e. The Morgan fingerprint density at radius 3 is 2.85 bits per heavy atom. The van der Waals surface area contributed by atoms with Gasteiger partial charge in [0, 0.05) is 22.5 Å².